The summed E-state index contributed by atoms with van der Waals surface area (Å²) in [7, 11) is -3.84. The van der Waals surface area contributed by atoms with Crippen LogP contribution >= 0.6 is 15.9 Å². The highest BCUT2D eigenvalue weighted by Crippen LogP contribution is 2.24. The Balaban J connectivity index is 1.46. The second-order valence-electron chi connectivity index (χ2n) is 9.23. The Bertz CT molecular complexity index is 1220. The summed E-state index contributed by atoms with van der Waals surface area (Å²) in [5.74, 6) is 0.396. The van der Waals surface area contributed by atoms with Crippen molar-refractivity contribution in [3.63, 3.8) is 0 Å². The number of sulfonamides is 1. The molecule has 1 aliphatic heterocycles. The maximum Gasteiger partial charge on any atom is 0.243 e. The van der Waals surface area contributed by atoms with Gasteiger partial charge < -0.3 is 4.90 Å². The molecule has 3 aromatic carbocycles. The maximum atomic E-state index is 13.5. The third-order valence-corrected chi connectivity index (χ3v) is 8.91. The van der Waals surface area contributed by atoms with Crippen LogP contribution in [0.4, 0.5) is 0 Å². The Morgan fingerprint density at radius 1 is 0.914 bits per heavy atom. The van der Waals surface area contributed by atoms with Gasteiger partial charge in [0.05, 0.1) is 11.4 Å². The van der Waals surface area contributed by atoms with Gasteiger partial charge >= 0.3 is 0 Å². The highest BCUT2D eigenvalue weighted by atomic mass is 79.9. The number of halogens is 1. The number of hydrogen-bond donors (Lipinski definition) is 0. The van der Waals surface area contributed by atoms with Crippen LogP contribution in [0.5, 0.6) is 0 Å². The topological polar surface area (TPSA) is 57.7 Å². The fraction of sp³-hybridized carbons (Fsp3) is 0.321. The third kappa shape index (κ3) is 6.81. The largest absolute Gasteiger partial charge is 0.342 e. The molecule has 0 unspecified atom stereocenters. The summed E-state index contributed by atoms with van der Waals surface area (Å²) in [6, 6.07) is 24.7. The van der Waals surface area contributed by atoms with Gasteiger partial charge in [0.1, 0.15) is 0 Å². The summed E-state index contributed by atoms with van der Waals surface area (Å²) >= 11 is 3.42. The van der Waals surface area contributed by atoms with Gasteiger partial charge in [-0.05, 0) is 67.5 Å². The van der Waals surface area contributed by atoms with Crippen molar-refractivity contribution in [2.24, 2.45) is 5.92 Å². The molecule has 4 rings (SSSR count). The van der Waals surface area contributed by atoms with E-state index in [9.17, 15) is 13.2 Å². The van der Waals surface area contributed by atoms with Crippen molar-refractivity contribution < 1.29 is 13.2 Å². The molecule has 0 spiro atoms. The summed E-state index contributed by atoms with van der Waals surface area (Å²) in [5.41, 5.74) is 3.14. The van der Waals surface area contributed by atoms with Crippen LogP contribution in [-0.4, -0.2) is 43.2 Å². The first kappa shape index (κ1) is 25.6. The van der Waals surface area contributed by atoms with Crippen LogP contribution in [0.3, 0.4) is 0 Å². The number of nitrogens with zero attached hydrogens (tertiary/aromatic N) is 2. The van der Waals surface area contributed by atoms with E-state index >= 15 is 0 Å². The van der Waals surface area contributed by atoms with E-state index in [-0.39, 0.29) is 23.9 Å². The maximum absolute atomic E-state index is 13.5. The van der Waals surface area contributed by atoms with Gasteiger partial charge in [-0.3, -0.25) is 4.79 Å². The molecule has 5 nitrogen and oxygen atoms in total. The Hall–Kier alpha value is -2.48. The zero-order valence-electron chi connectivity index (χ0n) is 19.9. The molecular formula is C28H31BrN2O3S. The first-order valence-corrected chi connectivity index (χ1v) is 14.2. The van der Waals surface area contributed by atoms with E-state index in [0.717, 1.165) is 34.9 Å². The van der Waals surface area contributed by atoms with Gasteiger partial charge in [0, 0.05) is 24.1 Å². The van der Waals surface area contributed by atoms with Crippen molar-refractivity contribution >= 4 is 31.9 Å². The molecule has 35 heavy (non-hydrogen) atoms. The molecule has 0 atom stereocenters. The first-order valence-electron chi connectivity index (χ1n) is 11.9. The minimum Gasteiger partial charge on any atom is -0.342 e. The third-order valence-electron chi connectivity index (χ3n) is 6.58. The number of hydrogen-bond acceptors (Lipinski definition) is 3. The second-order valence-corrected chi connectivity index (χ2v) is 12.1. The fourth-order valence-electron chi connectivity index (χ4n) is 4.46. The molecule has 7 heteroatoms. The second kappa shape index (κ2) is 11.5. The summed E-state index contributed by atoms with van der Waals surface area (Å²) in [6.45, 7) is 3.20. The average Bonchev–Trinajstić information content (AvgIpc) is 2.86. The lowest BCUT2D eigenvalue weighted by molar-refractivity contribution is -0.132. The van der Waals surface area contributed by atoms with Crippen LogP contribution < -0.4 is 0 Å². The molecule has 0 N–H and O–H groups in total. The van der Waals surface area contributed by atoms with Crippen molar-refractivity contribution in [3.8, 4) is 0 Å². The summed E-state index contributed by atoms with van der Waals surface area (Å²) < 4.78 is 29.3. The van der Waals surface area contributed by atoms with Gasteiger partial charge in [0.15, 0.2) is 0 Å². The molecule has 0 aromatic heterocycles. The molecule has 1 aliphatic rings. The monoisotopic (exact) mass is 554 g/mol. The number of rotatable bonds is 8. The van der Waals surface area contributed by atoms with Crippen molar-refractivity contribution in [2.45, 2.75) is 37.6 Å². The predicted octanol–water partition coefficient (Wildman–Crippen LogP) is 5.43. The quantitative estimate of drug-likeness (QED) is 0.373. The van der Waals surface area contributed by atoms with Gasteiger partial charge in [0.25, 0.3) is 0 Å². The Kier molecular flexibility index (Phi) is 8.42. The number of carbonyl (C=O) groups is 1. The Morgan fingerprint density at radius 3 is 2.17 bits per heavy atom. The lowest BCUT2D eigenvalue weighted by Gasteiger charge is -2.33. The number of piperidine rings is 1. The number of carbonyl (C=O) groups excluding carboxylic acids is 1. The van der Waals surface area contributed by atoms with Gasteiger partial charge in [-0.25, -0.2) is 8.42 Å². The van der Waals surface area contributed by atoms with Crippen LogP contribution in [0.15, 0.2) is 88.2 Å². The zero-order valence-corrected chi connectivity index (χ0v) is 22.3. The van der Waals surface area contributed by atoms with Gasteiger partial charge in [0.2, 0.25) is 15.9 Å². The average molecular weight is 556 g/mol. The summed E-state index contributed by atoms with van der Waals surface area (Å²) in [6.07, 6.45) is 2.87. The number of likely N-dealkylation sites (tertiary alicyclic amines) is 1. The molecule has 3 aromatic rings. The highest BCUT2D eigenvalue weighted by molar-refractivity contribution is 9.10. The molecule has 0 bridgehead atoms. The van der Waals surface area contributed by atoms with E-state index in [4.69, 9.17) is 0 Å². The fourth-order valence-corrected chi connectivity index (χ4v) is 6.11. The molecule has 184 valence electrons. The molecule has 1 fully saturated rings. The van der Waals surface area contributed by atoms with Crippen LogP contribution in [0.25, 0.3) is 0 Å². The first-order chi connectivity index (χ1) is 16.8. The standard InChI is InChI=1S/C28H31BrN2O3S/c1-22-7-13-27(14-8-22)35(33,34)31(20-25-9-11-26(29)12-10-25)21-28(32)30-17-15-24(16-18-30)19-23-5-3-2-4-6-23/h2-14,24H,15-21H2,1H3. The molecule has 1 heterocycles. The van der Waals surface area contributed by atoms with Crippen LogP contribution in [0.2, 0.25) is 0 Å². The minimum atomic E-state index is -3.84. The summed E-state index contributed by atoms with van der Waals surface area (Å²) in [4.78, 5) is 15.3. The van der Waals surface area contributed by atoms with Crippen LogP contribution in [0.1, 0.15) is 29.5 Å². The smallest absolute Gasteiger partial charge is 0.243 e. The van der Waals surface area contributed by atoms with Gasteiger partial charge in [-0.15, -0.1) is 0 Å². The van der Waals surface area contributed by atoms with Gasteiger partial charge in [-0.1, -0.05) is 76.1 Å². The van der Waals surface area contributed by atoms with Crippen molar-refractivity contribution in [2.75, 3.05) is 19.6 Å². The molecule has 0 saturated carbocycles. The van der Waals surface area contributed by atoms with Crippen molar-refractivity contribution in [1.29, 1.82) is 0 Å². The zero-order chi connectivity index (χ0) is 24.8. The van der Waals surface area contributed by atoms with E-state index < -0.39 is 10.0 Å². The van der Waals surface area contributed by atoms with Crippen LogP contribution in [0, 0.1) is 12.8 Å². The van der Waals surface area contributed by atoms with E-state index in [2.05, 4.69) is 40.2 Å². The highest BCUT2D eigenvalue weighted by Gasteiger charge is 2.30. The lowest BCUT2D eigenvalue weighted by atomic mass is 9.90. The van der Waals surface area contributed by atoms with Crippen molar-refractivity contribution in [3.05, 3.63) is 100 Å². The van der Waals surface area contributed by atoms with E-state index in [0.29, 0.717) is 19.0 Å². The van der Waals surface area contributed by atoms with E-state index in [1.807, 2.05) is 42.2 Å². The molecule has 0 aliphatic carbocycles. The lowest BCUT2D eigenvalue weighted by Crippen LogP contribution is -2.45. The minimum absolute atomic E-state index is 0.139. The van der Waals surface area contributed by atoms with Crippen LogP contribution in [-0.2, 0) is 27.8 Å². The molecule has 1 amide bonds. The molecule has 1 saturated heterocycles. The van der Waals surface area contributed by atoms with E-state index in [1.54, 1.807) is 24.3 Å². The number of amides is 1. The molecular weight excluding hydrogens is 524 g/mol. The SMILES string of the molecule is Cc1ccc(S(=O)(=O)N(CC(=O)N2CCC(Cc3ccccc3)CC2)Cc2ccc(Br)cc2)cc1. The predicted molar refractivity (Wildman–Crippen MR) is 142 cm³/mol. The number of benzene rings is 3. The van der Waals surface area contributed by atoms with Crippen molar-refractivity contribution in [1.82, 2.24) is 9.21 Å². The Morgan fingerprint density at radius 2 is 1.54 bits per heavy atom. The summed E-state index contributed by atoms with van der Waals surface area (Å²) in [5, 5.41) is 0. The normalized spacial score (nSPS) is 14.9. The Labute approximate surface area is 216 Å². The van der Waals surface area contributed by atoms with E-state index in [1.165, 1.54) is 9.87 Å². The van der Waals surface area contributed by atoms with Gasteiger partial charge in [-0.2, -0.15) is 4.31 Å². The molecule has 0 radical (unpaired) electrons. The number of aryl methyl sites for hydroxylation is 1.